The molecule has 6 nitrogen and oxygen atoms in total. The number of amides is 1. The van der Waals surface area contributed by atoms with Crippen LogP contribution in [0.4, 0.5) is 4.79 Å². The number of carbonyl (C=O) groups is 2. The third-order valence-electron chi connectivity index (χ3n) is 3.66. The monoisotopic (exact) mass is 300 g/mol. The summed E-state index contributed by atoms with van der Waals surface area (Å²) in [5, 5.41) is 12.5. The number of hydrogen-bond acceptors (Lipinski definition) is 4. The average Bonchev–Trinajstić information content (AvgIpc) is 2.21. The molecule has 0 spiro atoms. The topological polar surface area (TPSA) is 78.9 Å². The van der Waals surface area contributed by atoms with E-state index in [9.17, 15) is 9.59 Å². The fraction of sp³-hybridized carbons (Fsp3) is 0.867. The van der Waals surface area contributed by atoms with Gasteiger partial charge in [-0.05, 0) is 33.6 Å². The summed E-state index contributed by atoms with van der Waals surface area (Å²) in [5.74, 6) is -0.464. The highest BCUT2D eigenvalue weighted by molar-refractivity contribution is 5.73. The standard InChI is InChI=1S/C15H28N2O4/c1-10(2)11(3)16-15(7-12(18)19)8-17(9-15)13(20)21-14(4,5)6/h10-11,16H,7-9H2,1-6H3,(H,18,19). The molecule has 21 heavy (non-hydrogen) atoms. The summed E-state index contributed by atoms with van der Waals surface area (Å²) in [6, 6.07) is 0.185. The largest absolute Gasteiger partial charge is 0.481 e. The second-order valence-electron chi connectivity index (χ2n) is 7.36. The highest BCUT2D eigenvalue weighted by Gasteiger charge is 2.48. The molecule has 1 saturated heterocycles. The lowest BCUT2D eigenvalue weighted by Crippen LogP contribution is -2.72. The Labute approximate surface area is 126 Å². The van der Waals surface area contributed by atoms with Gasteiger partial charge in [0.1, 0.15) is 5.60 Å². The van der Waals surface area contributed by atoms with Crippen LogP contribution in [0.1, 0.15) is 48.0 Å². The van der Waals surface area contributed by atoms with Gasteiger partial charge in [-0.25, -0.2) is 4.79 Å². The van der Waals surface area contributed by atoms with Crippen molar-refractivity contribution in [2.24, 2.45) is 5.92 Å². The Hall–Kier alpha value is -1.30. The lowest BCUT2D eigenvalue weighted by atomic mass is 9.84. The first-order valence-electron chi connectivity index (χ1n) is 7.41. The van der Waals surface area contributed by atoms with Crippen LogP contribution in [0, 0.1) is 5.92 Å². The van der Waals surface area contributed by atoms with Gasteiger partial charge in [-0.2, -0.15) is 0 Å². The molecule has 0 radical (unpaired) electrons. The van der Waals surface area contributed by atoms with E-state index in [1.807, 2.05) is 27.7 Å². The number of nitrogens with one attached hydrogen (secondary N) is 1. The number of ether oxygens (including phenoxy) is 1. The van der Waals surface area contributed by atoms with Gasteiger partial charge in [0, 0.05) is 19.1 Å². The van der Waals surface area contributed by atoms with Crippen LogP contribution < -0.4 is 5.32 Å². The molecule has 0 saturated carbocycles. The van der Waals surface area contributed by atoms with Crippen LogP contribution in [0.2, 0.25) is 0 Å². The molecule has 0 aromatic rings. The van der Waals surface area contributed by atoms with Crippen LogP contribution in [-0.2, 0) is 9.53 Å². The van der Waals surface area contributed by atoms with Crippen LogP contribution in [0.3, 0.4) is 0 Å². The van der Waals surface area contributed by atoms with Crippen molar-refractivity contribution in [3.63, 3.8) is 0 Å². The molecule has 6 heteroatoms. The number of hydrogen-bond donors (Lipinski definition) is 2. The fourth-order valence-electron chi connectivity index (χ4n) is 2.33. The number of likely N-dealkylation sites (tertiary alicyclic amines) is 1. The van der Waals surface area contributed by atoms with E-state index in [1.165, 1.54) is 0 Å². The number of nitrogens with zero attached hydrogens (tertiary/aromatic N) is 1. The van der Waals surface area contributed by atoms with Gasteiger partial charge >= 0.3 is 12.1 Å². The van der Waals surface area contributed by atoms with E-state index in [0.717, 1.165) is 0 Å². The van der Waals surface area contributed by atoms with Crippen LogP contribution in [-0.4, -0.2) is 52.3 Å². The molecular formula is C15H28N2O4. The number of carbonyl (C=O) groups excluding carboxylic acids is 1. The minimum absolute atomic E-state index is 0.00333. The molecule has 1 atom stereocenters. The van der Waals surface area contributed by atoms with Crippen molar-refractivity contribution in [1.82, 2.24) is 10.2 Å². The molecule has 0 aromatic heterocycles. The molecule has 1 fully saturated rings. The second kappa shape index (κ2) is 6.22. The first-order valence-corrected chi connectivity index (χ1v) is 7.41. The Kier molecular flexibility index (Phi) is 5.25. The van der Waals surface area contributed by atoms with Crippen LogP contribution in [0.5, 0.6) is 0 Å². The van der Waals surface area contributed by atoms with E-state index in [2.05, 4.69) is 19.2 Å². The highest BCUT2D eigenvalue weighted by atomic mass is 16.6. The van der Waals surface area contributed by atoms with Crippen molar-refractivity contribution in [2.45, 2.75) is 65.1 Å². The normalized spacial score (nSPS) is 19.1. The van der Waals surface area contributed by atoms with Crippen molar-refractivity contribution in [3.05, 3.63) is 0 Å². The Morgan fingerprint density at radius 3 is 2.19 bits per heavy atom. The number of aliphatic carboxylic acids is 1. The minimum Gasteiger partial charge on any atom is -0.481 e. The zero-order chi connectivity index (χ0) is 16.4. The maximum atomic E-state index is 12.0. The van der Waals surface area contributed by atoms with Gasteiger partial charge in [0.15, 0.2) is 0 Å². The number of rotatable bonds is 5. The van der Waals surface area contributed by atoms with E-state index in [4.69, 9.17) is 9.84 Å². The van der Waals surface area contributed by atoms with Crippen molar-refractivity contribution in [2.75, 3.05) is 13.1 Å². The maximum absolute atomic E-state index is 12.0. The van der Waals surface area contributed by atoms with E-state index in [1.54, 1.807) is 4.90 Å². The van der Waals surface area contributed by atoms with E-state index < -0.39 is 17.1 Å². The lowest BCUT2D eigenvalue weighted by Gasteiger charge is -2.51. The summed E-state index contributed by atoms with van der Waals surface area (Å²) in [4.78, 5) is 24.6. The number of carboxylic acid groups (broad SMARTS) is 1. The third kappa shape index (κ3) is 5.19. The quantitative estimate of drug-likeness (QED) is 0.812. The summed E-state index contributed by atoms with van der Waals surface area (Å²) in [6.45, 7) is 12.4. The molecule has 1 unspecified atom stereocenters. The summed E-state index contributed by atoms with van der Waals surface area (Å²) in [7, 11) is 0. The molecule has 1 heterocycles. The highest BCUT2D eigenvalue weighted by Crippen LogP contribution is 2.28. The van der Waals surface area contributed by atoms with Gasteiger partial charge < -0.3 is 20.1 Å². The molecule has 1 rings (SSSR count). The van der Waals surface area contributed by atoms with Gasteiger partial charge in [0.2, 0.25) is 0 Å². The Bertz CT molecular complexity index is 395. The zero-order valence-corrected chi connectivity index (χ0v) is 13.9. The van der Waals surface area contributed by atoms with E-state index in [-0.39, 0.29) is 18.6 Å². The predicted molar refractivity (Wildman–Crippen MR) is 80.2 cm³/mol. The maximum Gasteiger partial charge on any atom is 0.410 e. The fourth-order valence-corrected chi connectivity index (χ4v) is 2.33. The minimum atomic E-state index is -0.859. The second-order valence-corrected chi connectivity index (χ2v) is 7.36. The first-order chi connectivity index (χ1) is 9.44. The first kappa shape index (κ1) is 17.8. The predicted octanol–water partition coefficient (Wildman–Crippen LogP) is 2.08. The van der Waals surface area contributed by atoms with Crippen molar-refractivity contribution < 1.29 is 19.4 Å². The van der Waals surface area contributed by atoms with Crippen LogP contribution >= 0.6 is 0 Å². The van der Waals surface area contributed by atoms with Gasteiger partial charge in [-0.15, -0.1) is 0 Å². The zero-order valence-electron chi connectivity index (χ0n) is 13.9. The molecule has 2 N–H and O–H groups in total. The summed E-state index contributed by atoms with van der Waals surface area (Å²) < 4.78 is 5.30. The number of carboxylic acids is 1. The van der Waals surface area contributed by atoms with Gasteiger partial charge in [0.05, 0.1) is 12.0 Å². The smallest absolute Gasteiger partial charge is 0.410 e. The Morgan fingerprint density at radius 2 is 1.81 bits per heavy atom. The van der Waals surface area contributed by atoms with Gasteiger partial charge in [0.25, 0.3) is 0 Å². The van der Waals surface area contributed by atoms with Crippen molar-refractivity contribution in [1.29, 1.82) is 0 Å². The average molecular weight is 300 g/mol. The Balaban J connectivity index is 2.65. The van der Waals surface area contributed by atoms with Gasteiger partial charge in [-0.3, -0.25) is 4.79 Å². The Morgan fingerprint density at radius 1 is 1.29 bits per heavy atom. The van der Waals surface area contributed by atoms with E-state index in [0.29, 0.717) is 19.0 Å². The van der Waals surface area contributed by atoms with Crippen molar-refractivity contribution >= 4 is 12.1 Å². The molecule has 122 valence electrons. The summed E-state index contributed by atoms with van der Waals surface area (Å²) in [6.07, 6.45) is -0.383. The van der Waals surface area contributed by atoms with Crippen LogP contribution in [0.15, 0.2) is 0 Å². The molecule has 1 aliphatic heterocycles. The summed E-state index contributed by atoms with van der Waals surface area (Å²) in [5.41, 5.74) is -1.09. The van der Waals surface area contributed by atoms with Crippen molar-refractivity contribution in [3.8, 4) is 0 Å². The molecule has 0 bridgehead atoms. The molecular weight excluding hydrogens is 272 g/mol. The molecule has 1 amide bonds. The van der Waals surface area contributed by atoms with E-state index >= 15 is 0 Å². The molecule has 0 aromatic carbocycles. The summed E-state index contributed by atoms with van der Waals surface area (Å²) >= 11 is 0. The lowest BCUT2D eigenvalue weighted by molar-refractivity contribution is -0.141. The van der Waals surface area contributed by atoms with Gasteiger partial charge in [-0.1, -0.05) is 13.8 Å². The SMILES string of the molecule is CC(C)C(C)NC1(CC(=O)O)CN(C(=O)OC(C)(C)C)C1. The molecule has 1 aliphatic rings. The van der Waals surface area contributed by atoms with Crippen LogP contribution in [0.25, 0.3) is 0 Å². The molecule has 0 aliphatic carbocycles. The third-order valence-corrected chi connectivity index (χ3v) is 3.66.